The molecule has 2 atom stereocenters. The molecule has 2 heterocycles. The summed E-state index contributed by atoms with van der Waals surface area (Å²) in [5, 5.41) is 26.7. The molecule has 0 saturated carbocycles. The maximum Gasteiger partial charge on any atom is 0.421 e. The number of pyridine rings is 1. The van der Waals surface area contributed by atoms with Crippen LogP contribution in [-0.4, -0.2) is 39.8 Å². The largest absolute Gasteiger partial charge is 0.624 e. The van der Waals surface area contributed by atoms with Gasteiger partial charge in [-0.05, 0) is 70.0 Å². The molecule has 2 aromatic heterocycles. The highest BCUT2D eigenvalue weighted by molar-refractivity contribution is 7.11. The SMILES string of the molecule is CC1CCc2c1nc1c(c2NC(=O)[N+](C)([O-])Cc2ncc(C(C)(C)O)s2)CCC1.CN. The first-order valence-electron chi connectivity index (χ1n) is 10.7. The molecule has 2 amide bonds. The van der Waals surface area contributed by atoms with E-state index in [1.54, 1.807) is 20.0 Å². The summed E-state index contributed by atoms with van der Waals surface area (Å²) in [5.41, 5.74) is 8.67. The fourth-order valence-electron chi connectivity index (χ4n) is 4.17. The number of nitrogens with zero attached hydrogens (tertiary/aromatic N) is 3. The van der Waals surface area contributed by atoms with Gasteiger partial charge in [-0.3, -0.25) is 14.9 Å². The average molecular weight is 448 g/mol. The Hall–Kier alpha value is -1.91. The number of carbonyl (C=O) groups is 1. The molecule has 0 radical (unpaired) electrons. The fraction of sp³-hybridized carbons (Fsp3) is 0.591. The van der Waals surface area contributed by atoms with Gasteiger partial charge >= 0.3 is 6.03 Å². The molecule has 8 nitrogen and oxygen atoms in total. The van der Waals surface area contributed by atoms with Gasteiger partial charge < -0.3 is 16.0 Å². The molecule has 0 saturated heterocycles. The summed E-state index contributed by atoms with van der Waals surface area (Å²) in [7, 11) is 2.85. The van der Waals surface area contributed by atoms with Crippen molar-refractivity contribution in [1.82, 2.24) is 9.97 Å². The van der Waals surface area contributed by atoms with E-state index >= 15 is 0 Å². The Morgan fingerprint density at radius 3 is 2.71 bits per heavy atom. The number of anilines is 1. The number of quaternary nitrogens is 1. The number of fused-ring (bicyclic) bond motifs is 2. The number of aliphatic hydroxyl groups is 1. The number of hydrogen-bond donors (Lipinski definition) is 3. The number of rotatable bonds is 4. The molecule has 0 aromatic carbocycles. The van der Waals surface area contributed by atoms with E-state index in [2.05, 4.69) is 23.0 Å². The Balaban J connectivity index is 0.00000132. The van der Waals surface area contributed by atoms with Crippen molar-refractivity contribution < 1.29 is 14.5 Å². The molecule has 2 aromatic rings. The Morgan fingerprint density at radius 2 is 2.06 bits per heavy atom. The molecule has 170 valence electrons. The van der Waals surface area contributed by atoms with Gasteiger partial charge in [0.05, 0.1) is 23.2 Å². The van der Waals surface area contributed by atoms with Gasteiger partial charge in [0.25, 0.3) is 0 Å². The number of hydrogen-bond acceptors (Lipinski definition) is 7. The summed E-state index contributed by atoms with van der Waals surface area (Å²) in [6, 6.07) is -0.591. The molecule has 0 spiro atoms. The van der Waals surface area contributed by atoms with Gasteiger partial charge in [-0.2, -0.15) is 0 Å². The lowest BCUT2D eigenvalue weighted by atomic mass is 10.0. The Bertz CT molecular complexity index is 965. The molecular weight excluding hydrogens is 414 g/mol. The number of thiazole rings is 1. The van der Waals surface area contributed by atoms with Crippen LogP contribution in [0.25, 0.3) is 0 Å². The van der Waals surface area contributed by atoms with Gasteiger partial charge in [-0.25, -0.2) is 9.78 Å². The average Bonchev–Trinajstić information content (AvgIpc) is 3.43. The Kier molecular flexibility index (Phi) is 6.83. The number of aromatic nitrogens is 2. The number of urea groups is 1. The quantitative estimate of drug-likeness (QED) is 0.486. The van der Waals surface area contributed by atoms with E-state index in [0.717, 1.165) is 60.3 Å². The van der Waals surface area contributed by atoms with Crippen LogP contribution < -0.4 is 11.1 Å². The van der Waals surface area contributed by atoms with Gasteiger partial charge in [0.15, 0.2) is 0 Å². The van der Waals surface area contributed by atoms with Crippen molar-refractivity contribution in [1.29, 1.82) is 0 Å². The van der Waals surface area contributed by atoms with E-state index in [1.165, 1.54) is 25.4 Å². The predicted octanol–water partition coefficient (Wildman–Crippen LogP) is 3.56. The smallest absolute Gasteiger partial charge is 0.421 e. The number of nitrogens with one attached hydrogen (secondary N) is 1. The molecule has 4 rings (SSSR count). The first-order valence-corrected chi connectivity index (χ1v) is 11.6. The zero-order valence-electron chi connectivity index (χ0n) is 19.0. The molecular formula is C22H33N5O3S. The van der Waals surface area contributed by atoms with E-state index in [9.17, 15) is 15.1 Å². The van der Waals surface area contributed by atoms with E-state index < -0.39 is 16.3 Å². The molecule has 2 unspecified atom stereocenters. The molecule has 0 aliphatic heterocycles. The van der Waals surface area contributed by atoms with Crippen molar-refractivity contribution in [3.63, 3.8) is 0 Å². The second-order valence-electron chi connectivity index (χ2n) is 8.94. The number of aryl methyl sites for hydroxylation is 1. The van der Waals surface area contributed by atoms with E-state index in [1.807, 2.05) is 0 Å². The van der Waals surface area contributed by atoms with Crippen LogP contribution in [0, 0.1) is 5.21 Å². The summed E-state index contributed by atoms with van der Waals surface area (Å²) < 4.78 is -1.10. The third kappa shape index (κ3) is 4.80. The third-order valence-corrected chi connectivity index (χ3v) is 7.20. The zero-order chi connectivity index (χ0) is 23.0. The van der Waals surface area contributed by atoms with Crippen LogP contribution in [-0.2, 0) is 31.4 Å². The number of nitrogens with two attached hydrogens (primary N) is 1. The second-order valence-corrected chi connectivity index (χ2v) is 10.1. The van der Waals surface area contributed by atoms with E-state index in [-0.39, 0.29) is 6.54 Å². The van der Waals surface area contributed by atoms with Crippen LogP contribution in [0.15, 0.2) is 6.20 Å². The van der Waals surface area contributed by atoms with Crippen molar-refractivity contribution in [2.45, 2.75) is 70.9 Å². The first kappa shape index (κ1) is 23.7. The first-order chi connectivity index (χ1) is 14.6. The van der Waals surface area contributed by atoms with Crippen molar-refractivity contribution in [2.75, 3.05) is 19.4 Å². The van der Waals surface area contributed by atoms with E-state index in [0.29, 0.717) is 15.8 Å². The molecule has 0 bridgehead atoms. The minimum Gasteiger partial charge on any atom is -0.624 e. The van der Waals surface area contributed by atoms with Crippen LogP contribution in [0.5, 0.6) is 0 Å². The number of carbonyl (C=O) groups excluding carboxylic acids is 1. The van der Waals surface area contributed by atoms with Crippen LogP contribution in [0.3, 0.4) is 0 Å². The second kappa shape index (κ2) is 8.91. The topological polar surface area (TPSA) is 124 Å². The van der Waals surface area contributed by atoms with Gasteiger partial charge in [0.1, 0.15) is 11.6 Å². The molecule has 2 aliphatic carbocycles. The van der Waals surface area contributed by atoms with Gasteiger partial charge in [0.2, 0.25) is 0 Å². The third-order valence-electron chi connectivity index (χ3n) is 5.91. The molecule has 9 heteroatoms. The lowest BCUT2D eigenvalue weighted by Gasteiger charge is -2.34. The fourth-order valence-corrected chi connectivity index (χ4v) is 5.20. The summed E-state index contributed by atoms with van der Waals surface area (Å²) in [6.45, 7) is 5.45. The van der Waals surface area contributed by atoms with Crippen molar-refractivity contribution >= 4 is 23.1 Å². The Labute approximate surface area is 187 Å². The molecule has 4 N–H and O–H groups in total. The minimum atomic E-state index is -1.10. The van der Waals surface area contributed by atoms with Crippen LogP contribution in [0.1, 0.15) is 71.9 Å². The highest BCUT2D eigenvalue weighted by atomic mass is 32.1. The standard InChI is InChI=1S/C21H28N4O3S.CH5N/c1-12-8-9-14-18(12)23-15-7-5-6-13(15)19(14)24-20(26)25(4,28)11-17-22-10-16(29-17)21(2,3)27;1-2/h10,12,27H,5-9,11H2,1-4H3,(H,23,24,26);2H2,1H3. The lowest BCUT2D eigenvalue weighted by Crippen LogP contribution is -2.46. The van der Waals surface area contributed by atoms with Crippen LogP contribution >= 0.6 is 11.3 Å². The van der Waals surface area contributed by atoms with Gasteiger partial charge in [-0.15, -0.1) is 11.3 Å². The maximum atomic E-state index is 13.1. The minimum absolute atomic E-state index is 0.0710. The number of amides is 2. The van der Waals surface area contributed by atoms with Crippen molar-refractivity contribution in [3.05, 3.63) is 43.8 Å². The normalized spacial score (nSPS) is 19.2. The van der Waals surface area contributed by atoms with Gasteiger partial charge in [0, 0.05) is 17.6 Å². The van der Waals surface area contributed by atoms with Gasteiger partial charge in [-0.1, -0.05) is 6.92 Å². The summed E-state index contributed by atoms with van der Waals surface area (Å²) in [6.07, 6.45) is 6.34. The summed E-state index contributed by atoms with van der Waals surface area (Å²) >= 11 is 1.26. The van der Waals surface area contributed by atoms with Crippen molar-refractivity contribution in [3.8, 4) is 0 Å². The zero-order valence-corrected chi connectivity index (χ0v) is 19.8. The monoisotopic (exact) mass is 447 g/mol. The molecule has 0 fully saturated rings. The van der Waals surface area contributed by atoms with Crippen LogP contribution in [0.4, 0.5) is 10.5 Å². The number of hydroxylamine groups is 3. The summed E-state index contributed by atoms with van der Waals surface area (Å²) in [4.78, 5) is 22.8. The van der Waals surface area contributed by atoms with Crippen LogP contribution in [0.2, 0.25) is 0 Å². The molecule has 31 heavy (non-hydrogen) atoms. The maximum absolute atomic E-state index is 13.1. The van der Waals surface area contributed by atoms with Crippen molar-refractivity contribution in [2.24, 2.45) is 5.73 Å². The highest BCUT2D eigenvalue weighted by Gasteiger charge is 2.33. The lowest BCUT2D eigenvalue weighted by molar-refractivity contribution is -0.789. The summed E-state index contributed by atoms with van der Waals surface area (Å²) in [5.74, 6) is 0.384. The molecule has 2 aliphatic rings. The van der Waals surface area contributed by atoms with E-state index in [4.69, 9.17) is 4.98 Å². The highest BCUT2D eigenvalue weighted by Crippen LogP contribution is 2.41. The predicted molar refractivity (Wildman–Crippen MR) is 123 cm³/mol. The Morgan fingerprint density at radius 1 is 1.35 bits per heavy atom.